The molecular formula is C27H30O4. The first-order valence-corrected chi connectivity index (χ1v) is 11.8. The standard InChI is InChI=1S/C27H30O4/c1-26-9-7-19(28)14-18(26)4-5-20-21(26)8-10-27(2)22(20)13-17(25(27)29)11-16-3-6-23-24(12-16)31-15-30-23/h3,6,11-12,14,20-22H,4-5,7-10,13,15H2,1-2H3/b17-11+/t20?,21?,22?,26-,27-/m0/s1. The third-order valence-corrected chi connectivity index (χ3v) is 9.34. The number of fused-ring (bicyclic) bond motifs is 6. The first-order chi connectivity index (χ1) is 14.9. The Balaban J connectivity index is 1.32. The summed E-state index contributed by atoms with van der Waals surface area (Å²) in [6.07, 6.45) is 10.8. The van der Waals surface area contributed by atoms with Crippen LogP contribution in [0.3, 0.4) is 0 Å². The molecule has 5 atom stereocenters. The number of carbonyl (C=O) groups is 2. The second-order valence-electron chi connectivity index (χ2n) is 10.7. The molecule has 5 aliphatic rings. The van der Waals surface area contributed by atoms with Gasteiger partial charge in [-0.25, -0.2) is 0 Å². The van der Waals surface area contributed by atoms with Gasteiger partial charge in [-0.3, -0.25) is 9.59 Å². The molecule has 0 saturated heterocycles. The second kappa shape index (κ2) is 6.57. The summed E-state index contributed by atoms with van der Waals surface area (Å²) >= 11 is 0. The van der Waals surface area contributed by atoms with E-state index in [0.717, 1.165) is 61.2 Å². The molecule has 4 aliphatic carbocycles. The van der Waals surface area contributed by atoms with E-state index >= 15 is 0 Å². The molecule has 0 spiro atoms. The fraction of sp³-hybridized carbons (Fsp3) is 0.556. The van der Waals surface area contributed by atoms with Gasteiger partial charge >= 0.3 is 0 Å². The monoisotopic (exact) mass is 418 g/mol. The third-order valence-electron chi connectivity index (χ3n) is 9.34. The summed E-state index contributed by atoms with van der Waals surface area (Å²) in [5.41, 5.74) is 3.26. The van der Waals surface area contributed by atoms with Gasteiger partial charge in [0.05, 0.1) is 0 Å². The molecule has 3 fully saturated rings. The van der Waals surface area contributed by atoms with Crippen LogP contribution in [0, 0.1) is 28.6 Å². The summed E-state index contributed by atoms with van der Waals surface area (Å²) in [6, 6.07) is 5.92. The van der Waals surface area contributed by atoms with E-state index in [1.807, 2.05) is 24.3 Å². The van der Waals surface area contributed by atoms with Crippen LogP contribution in [0.2, 0.25) is 0 Å². The molecule has 1 aromatic carbocycles. The minimum Gasteiger partial charge on any atom is -0.454 e. The third kappa shape index (κ3) is 2.73. The smallest absolute Gasteiger partial charge is 0.231 e. The minimum atomic E-state index is -0.245. The maximum absolute atomic E-state index is 13.6. The summed E-state index contributed by atoms with van der Waals surface area (Å²) in [7, 11) is 0. The van der Waals surface area contributed by atoms with Gasteiger partial charge in [0.25, 0.3) is 0 Å². The van der Waals surface area contributed by atoms with E-state index in [2.05, 4.69) is 19.9 Å². The number of Topliss-reactive ketones (excluding diaryl/α,β-unsaturated/α-hetero) is 1. The van der Waals surface area contributed by atoms with E-state index in [1.165, 1.54) is 5.57 Å². The van der Waals surface area contributed by atoms with Crippen molar-refractivity contribution in [3.05, 3.63) is 41.0 Å². The number of ketones is 2. The summed E-state index contributed by atoms with van der Waals surface area (Å²) in [5, 5.41) is 0. The average Bonchev–Trinajstić information content (AvgIpc) is 3.31. The van der Waals surface area contributed by atoms with Gasteiger partial charge in [-0.05, 0) is 97.1 Å². The normalized spacial score (nSPS) is 39.7. The van der Waals surface area contributed by atoms with Gasteiger partial charge in [0.1, 0.15) is 0 Å². The number of hydrogen-bond acceptors (Lipinski definition) is 4. The SMILES string of the molecule is C[C@]12CCC(=O)C=C1CCC1C2CC[C@]2(C)C(=O)/C(=C/c3ccc4c(c3)OCO4)CC12. The fourth-order valence-corrected chi connectivity index (χ4v) is 7.56. The molecule has 0 radical (unpaired) electrons. The van der Waals surface area contributed by atoms with Crippen LogP contribution in [0.25, 0.3) is 6.08 Å². The Morgan fingerprint density at radius 3 is 2.68 bits per heavy atom. The van der Waals surface area contributed by atoms with Crippen LogP contribution < -0.4 is 9.47 Å². The van der Waals surface area contributed by atoms with Gasteiger partial charge in [-0.15, -0.1) is 0 Å². The van der Waals surface area contributed by atoms with Crippen molar-refractivity contribution in [1.29, 1.82) is 0 Å². The lowest BCUT2D eigenvalue weighted by Crippen LogP contribution is -2.50. The van der Waals surface area contributed by atoms with Crippen LogP contribution in [-0.4, -0.2) is 18.4 Å². The highest BCUT2D eigenvalue weighted by atomic mass is 16.7. The van der Waals surface area contributed by atoms with Gasteiger partial charge in [-0.2, -0.15) is 0 Å². The van der Waals surface area contributed by atoms with Crippen LogP contribution in [0.5, 0.6) is 11.5 Å². The van der Waals surface area contributed by atoms with Crippen molar-refractivity contribution in [3.63, 3.8) is 0 Å². The predicted molar refractivity (Wildman–Crippen MR) is 118 cm³/mol. The Hall–Kier alpha value is -2.36. The zero-order valence-corrected chi connectivity index (χ0v) is 18.4. The largest absolute Gasteiger partial charge is 0.454 e. The maximum atomic E-state index is 13.6. The average molecular weight is 419 g/mol. The van der Waals surface area contributed by atoms with E-state index in [0.29, 0.717) is 35.7 Å². The van der Waals surface area contributed by atoms with E-state index < -0.39 is 0 Å². The number of ether oxygens (including phenoxy) is 2. The summed E-state index contributed by atoms with van der Waals surface area (Å²) in [6.45, 7) is 4.87. The highest BCUT2D eigenvalue weighted by Crippen LogP contribution is 2.65. The van der Waals surface area contributed by atoms with Gasteiger partial charge in [0, 0.05) is 11.8 Å². The Bertz CT molecular complexity index is 1050. The molecule has 162 valence electrons. The van der Waals surface area contributed by atoms with Crippen LogP contribution >= 0.6 is 0 Å². The molecule has 1 aliphatic heterocycles. The number of benzene rings is 1. The van der Waals surface area contributed by atoms with Crippen molar-refractivity contribution in [2.24, 2.45) is 28.6 Å². The van der Waals surface area contributed by atoms with E-state index in [9.17, 15) is 9.59 Å². The Kier molecular flexibility index (Phi) is 4.10. The lowest BCUT2D eigenvalue weighted by molar-refractivity contribution is -0.130. The molecule has 3 unspecified atom stereocenters. The molecule has 0 aromatic heterocycles. The summed E-state index contributed by atoms with van der Waals surface area (Å²) in [4.78, 5) is 25.6. The van der Waals surface area contributed by atoms with Crippen LogP contribution in [0.1, 0.15) is 64.4 Å². The number of rotatable bonds is 1. The number of allylic oxidation sites excluding steroid dienone is 2. The molecule has 4 nitrogen and oxygen atoms in total. The maximum Gasteiger partial charge on any atom is 0.231 e. The molecule has 31 heavy (non-hydrogen) atoms. The Morgan fingerprint density at radius 2 is 1.81 bits per heavy atom. The van der Waals surface area contributed by atoms with Crippen molar-refractivity contribution in [2.45, 2.75) is 58.8 Å². The first kappa shape index (κ1) is 19.3. The Morgan fingerprint density at radius 1 is 0.968 bits per heavy atom. The van der Waals surface area contributed by atoms with Gasteiger partial charge in [0.15, 0.2) is 23.1 Å². The lowest BCUT2D eigenvalue weighted by atomic mass is 9.47. The summed E-state index contributed by atoms with van der Waals surface area (Å²) in [5.74, 6) is 3.76. The Labute approximate surface area is 183 Å². The highest BCUT2D eigenvalue weighted by molar-refractivity contribution is 6.06. The molecule has 3 saturated carbocycles. The second-order valence-corrected chi connectivity index (χ2v) is 10.7. The molecule has 0 N–H and O–H groups in total. The fourth-order valence-electron chi connectivity index (χ4n) is 7.56. The van der Waals surface area contributed by atoms with Crippen molar-refractivity contribution in [2.75, 3.05) is 6.79 Å². The van der Waals surface area contributed by atoms with Gasteiger partial charge in [-0.1, -0.05) is 25.5 Å². The molecule has 6 rings (SSSR count). The van der Waals surface area contributed by atoms with E-state index in [-0.39, 0.29) is 17.6 Å². The molecule has 1 heterocycles. The lowest BCUT2D eigenvalue weighted by Gasteiger charge is -2.56. The summed E-state index contributed by atoms with van der Waals surface area (Å²) < 4.78 is 10.9. The topological polar surface area (TPSA) is 52.6 Å². The van der Waals surface area contributed by atoms with Crippen molar-refractivity contribution in [3.8, 4) is 11.5 Å². The van der Waals surface area contributed by atoms with Crippen molar-refractivity contribution >= 4 is 17.6 Å². The minimum absolute atomic E-state index is 0.144. The van der Waals surface area contributed by atoms with Gasteiger partial charge in [0.2, 0.25) is 6.79 Å². The first-order valence-electron chi connectivity index (χ1n) is 11.8. The van der Waals surface area contributed by atoms with Crippen molar-refractivity contribution in [1.82, 2.24) is 0 Å². The van der Waals surface area contributed by atoms with Gasteiger partial charge < -0.3 is 9.47 Å². The quantitative estimate of drug-likeness (QED) is 0.564. The highest BCUT2D eigenvalue weighted by Gasteiger charge is 2.60. The molecule has 0 bridgehead atoms. The van der Waals surface area contributed by atoms with Crippen LogP contribution in [0.4, 0.5) is 0 Å². The molecule has 1 aromatic rings. The number of carbonyl (C=O) groups excluding carboxylic acids is 2. The predicted octanol–water partition coefficient (Wildman–Crippen LogP) is 5.51. The van der Waals surface area contributed by atoms with Crippen LogP contribution in [-0.2, 0) is 9.59 Å². The van der Waals surface area contributed by atoms with Crippen LogP contribution in [0.15, 0.2) is 35.4 Å². The van der Waals surface area contributed by atoms with E-state index in [4.69, 9.17) is 9.47 Å². The zero-order chi connectivity index (χ0) is 21.4. The molecular weight excluding hydrogens is 388 g/mol. The zero-order valence-electron chi connectivity index (χ0n) is 18.4. The number of hydrogen-bond donors (Lipinski definition) is 0. The van der Waals surface area contributed by atoms with E-state index in [1.54, 1.807) is 0 Å². The molecule has 0 amide bonds. The van der Waals surface area contributed by atoms with Crippen molar-refractivity contribution < 1.29 is 19.1 Å². The molecule has 4 heteroatoms.